The molecule has 0 rings (SSSR count). The van der Waals surface area contributed by atoms with E-state index in [4.69, 9.17) is 5.73 Å². The van der Waals surface area contributed by atoms with Gasteiger partial charge in [0.1, 0.15) is 0 Å². The number of hydrogen-bond donors (Lipinski definition) is 2. The molecule has 3 N–H and O–H groups in total. The van der Waals surface area contributed by atoms with Gasteiger partial charge >= 0.3 is 0 Å². The quantitative estimate of drug-likeness (QED) is 0.682. The van der Waals surface area contributed by atoms with Crippen LogP contribution in [0, 0.1) is 0 Å². The van der Waals surface area contributed by atoms with Gasteiger partial charge in [0.05, 0.1) is 0 Å². The van der Waals surface area contributed by atoms with Crippen LogP contribution in [0.15, 0.2) is 0 Å². The minimum atomic E-state index is 0. The van der Waals surface area contributed by atoms with E-state index in [1.807, 2.05) is 21.0 Å². The molecule has 0 heterocycles. The highest BCUT2D eigenvalue weighted by Crippen LogP contribution is 1.92. The highest BCUT2D eigenvalue weighted by Gasteiger charge is 2.02. The van der Waals surface area contributed by atoms with E-state index in [2.05, 4.69) is 10.2 Å². The molecule has 100 valence electrons. The maximum atomic E-state index is 11.2. The molecule has 16 heavy (non-hydrogen) atoms. The highest BCUT2D eigenvalue weighted by atomic mass is 35.5. The molecule has 0 aromatic heterocycles. The molecule has 0 radical (unpaired) electrons. The molecule has 1 unspecified atom stereocenters. The molecule has 0 aliphatic rings. The summed E-state index contributed by atoms with van der Waals surface area (Å²) in [6.07, 6.45) is 2.30. The van der Waals surface area contributed by atoms with Crippen LogP contribution in [-0.4, -0.2) is 44.0 Å². The third kappa shape index (κ3) is 16.4. The lowest BCUT2D eigenvalue weighted by molar-refractivity contribution is -0.121. The zero-order chi connectivity index (χ0) is 11.0. The van der Waals surface area contributed by atoms with E-state index in [-0.39, 0.29) is 36.8 Å². The lowest BCUT2D eigenvalue weighted by Gasteiger charge is -2.10. The molecule has 0 fully saturated rings. The number of carbonyl (C=O) groups is 1. The fraction of sp³-hybridized carbons (Fsp3) is 0.900. The Kier molecular flexibility index (Phi) is 17.3. The largest absolute Gasteiger partial charge is 0.356 e. The van der Waals surface area contributed by atoms with Gasteiger partial charge in [-0.15, -0.1) is 24.8 Å². The van der Waals surface area contributed by atoms with Crippen LogP contribution in [0.2, 0.25) is 0 Å². The third-order valence-corrected chi connectivity index (χ3v) is 1.93. The number of hydrogen-bond acceptors (Lipinski definition) is 3. The molecule has 0 aliphatic carbocycles. The molecular weight excluding hydrogens is 249 g/mol. The first-order valence-electron chi connectivity index (χ1n) is 5.19. The lowest BCUT2D eigenvalue weighted by atomic mass is 10.2. The van der Waals surface area contributed by atoms with Crippen molar-refractivity contribution in [3.8, 4) is 0 Å². The van der Waals surface area contributed by atoms with Crippen LogP contribution in [0.3, 0.4) is 0 Å². The average molecular weight is 274 g/mol. The molecular formula is C10H25Cl2N3O. The van der Waals surface area contributed by atoms with E-state index in [9.17, 15) is 4.79 Å². The molecule has 0 aliphatic heterocycles. The van der Waals surface area contributed by atoms with Gasteiger partial charge in [-0.2, -0.15) is 0 Å². The molecule has 0 saturated heterocycles. The lowest BCUT2D eigenvalue weighted by Crippen LogP contribution is -2.28. The maximum Gasteiger partial charge on any atom is 0.220 e. The number of nitrogens with one attached hydrogen (secondary N) is 1. The number of rotatable bonds is 7. The standard InChI is InChI=1S/C10H23N3O.2ClH/c1-9(11)5-6-10(14)12-7-4-8-13(2)3;;/h9H,4-8,11H2,1-3H3,(H,12,14);2*1H. The van der Waals surface area contributed by atoms with Crippen molar-refractivity contribution in [3.05, 3.63) is 0 Å². The van der Waals surface area contributed by atoms with Crippen LogP contribution in [0.25, 0.3) is 0 Å². The molecule has 0 spiro atoms. The van der Waals surface area contributed by atoms with Crippen LogP contribution in [-0.2, 0) is 4.79 Å². The molecule has 6 heteroatoms. The van der Waals surface area contributed by atoms with Crippen LogP contribution < -0.4 is 11.1 Å². The van der Waals surface area contributed by atoms with Crippen molar-refractivity contribution < 1.29 is 4.79 Å². The predicted molar refractivity (Wildman–Crippen MR) is 73.6 cm³/mol. The summed E-state index contributed by atoms with van der Waals surface area (Å²) < 4.78 is 0. The van der Waals surface area contributed by atoms with Gasteiger partial charge in [-0.1, -0.05) is 0 Å². The summed E-state index contributed by atoms with van der Waals surface area (Å²) in [6, 6.07) is 0.113. The third-order valence-electron chi connectivity index (χ3n) is 1.93. The summed E-state index contributed by atoms with van der Waals surface area (Å²) in [7, 11) is 4.05. The van der Waals surface area contributed by atoms with Gasteiger partial charge in [-0.25, -0.2) is 0 Å². The molecule has 1 atom stereocenters. The van der Waals surface area contributed by atoms with E-state index < -0.39 is 0 Å². The van der Waals surface area contributed by atoms with Gasteiger partial charge in [0.2, 0.25) is 5.91 Å². The minimum Gasteiger partial charge on any atom is -0.356 e. The van der Waals surface area contributed by atoms with Gasteiger partial charge in [0.15, 0.2) is 0 Å². The molecule has 0 aromatic rings. The molecule has 0 saturated carbocycles. The minimum absolute atomic E-state index is 0. The Morgan fingerprint density at radius 2 is 1.94 bits per heavy atom. The zero-order valence-corrected chi connectivity index (χ0v) is 12.0. The summed E-state index contributed by atoms with van der Waals surface area (Å²) in [5, 5.41) is 2.87. The van der Waals surface area contributed by atoms with Crippen molar-refractivity contribution >= 4 is 30.7 Å². The van der Waals surface area contributed by atoms with E-state index in [1.165, 1.54) is 0 Å². The number of nitrogens with zero attached hydrogens (tertiary/aromatic N) is 1. The summed E-state index contributed by atoms with van der Waals surface area (Å²) in [6.45, 7) is 3.68. The van der Waals surface area contributed by atoms with E-state index in [1.54, 1.807) is 0 Å². The van der Waals surface area contributed by atoms with Crippen LogP contribution in [0.5, 0.6) is 0 Å². The van der Waals surface area contributed by atoms with Crippen molar-refractivity contribution in [1.29, 1.82) is 0 Å². The number of halogens is 2. The first-order valence-corrected chi connectivity index (χ1v) is 5.19. The molecule has 0 aromatic carbocycles. The zero-order valence-electron chi connectivity index (χ0n) is 10.4. The fourth-order valence-electron chi connectivity index (χ4n) is 1.07. The summed E-state index contributed by atoms with van der Waals surface area (Å²) in [5.41, 5.74) is 5.55. The topological polar surface area (TPSA) is 58.4 Å². The van der Waals surface area contributed by atoms with E-state index >= 15 is 0 Å². The van der Waals surface area contributed by atoms with E-state index in [0.29, 0.717) is 6.42 Å². The number of amides is 1. The number of nitrogens with two attached hydrogens (primary N) is 1. The van der Waals surface area contributed by atoms with Crippen LogP contribution >= 0.6 is 24.8 Å². The number of carbonyl (C=O) groups excluding carboxylic acids is 1. The maximum absolute atomic E-state index is 11.2. The summed E-state index contributed by atoms with van der Waals surface area (Å²) in [4.78, 5) is 13.3. The molecule has 0 bridgehead atoms. The smallest absolute Gasteiger partial charge is 0.220 e. The van der Waals surface area contributed by atoms with E-state index in [0.717, 1.165) is 25.9 Å². The Bertz CT molecular complexity index is 166. The van der Waals surface area contributed by atoms with Crippen molar-refractivity contribution in [1.82, 2.24) is 10.2 Å². The Hall–Kier alpha value is -0.0300. The monoisotopic (exact) mass is 273 g/mol. The van der Waals surface area contributed by atoms with Crippen molar-refractivity contribution in [3.63, 3.8) is 0 Å². The summed E-state index contributed by atoms with van der Waals surface area (Å²) in [5.74, 6) is 0.112. The van der Waals surface area contributed by atoms with Gasteiger partial charge < -0.3 is 16.0 Å². The predicted octanol–water partition coefficient (Wildman–Crippen LogP) is 1.03. The van der Waals surface area contributed by atoms with Gasteiger partial charge in [0, 0.05) is 19.0 Å². The van der Waals surface area contributed by atoms with Crippen LogP contribution in [0.4, 0.5) is 0 Å². The first-order chi connectivity index (χ1) is 6.52. The molecule has 1 amide bonds. The van der Waals surface area contributed by atoms with Gasteiger partial charge in [-0.3, -0.25) is 4.79 Å². The van der Waals surface area contributed by atoms with Crippen molar-refractivity contribution in [2.75, 3.05) is 27.2 Å². The Morgan fingerprint density at radius 1 is 1.38 bits per heavy atom. The Balaban J connectivity index is -0.000000845. The summed E-state index contributed by atoms with van der Waals surface area (Å²) >= 11 is 0. The SMILES string of the molecule is CC(N)CCC(=O)NCCCN(C)C.Cl.Cl. The Morgan fingerprint density at radius 3 is 2.38 bits per heavy atom. The fourth-order valence-corrected chi connectivity index (χ4v) is 1.07. The Labute approximate surface area is 111 Å². The normalized spacial score (nSPS) is 11.3. The highest BCUT2D eigenvalue weighted by molar-refractivity contribution is 5.85. The first kappa shape index (κ1) is 21.3. The van der Waals surface area contributed by atoms with Gasteiger partial charge in [-0.05, 0) is 40.4 Å². The van der Waals surface area contributed by atoms with Crippen molar-refractivity contribution in [2.24, 2.45) is 5.73 Å². The second-order valence-corrected chi connectivity index (χ2v) is 4.02. The average Bonchev–Trinajstić information content (AvgIpc) is 2.08. The second-order valence-electron chi connectivity index (χ2n) is 4.02. The van der Waals surface area contributed by atoms with Crippen LogP contribution in [0.1, 0.15) is 26.2 Å². The second kappa shape index (κ2) is 13.0. The van der Waals surface area contributed by atoms with Gasteiger partial charge in [0.25, 0.3) is 0 Å². The molecule has 4 nitrogen and oxygen atoms in total. The van der Waals surface area contributed by atoms with Crippen molar-refractivity contribution in [2.45, 2.75) is 32.2 Å².